The van der Waals surface area contributed by atoms with Crippen molar-refractivity contribution >= 4 is 19.1 Å². The van der Waals surface area contributed by atoms with Gasteiger partial charge < -0.3 is 5.73 Å². The zero-order chi connectivity index (χ0) is 10.8. The molecule has 14 heavy (non-hydrogen) atoms. The molecule has 0 saturated carbocycles. The molecule has 0 bridgehead atoms. The Labute approximate surface area is 94.6 Å². The molecular formula is C12H22IN. The number of nitrogens with two attached hydrogens (primary N) is 1. The first-order chi connectivity index (χ1) is 6.49. The summed E-state index contributed by atoms with van der Waals surface area (Å²) in [7, 11) is 0. The van der Waals surface area contributed by atoms with E-state index in [1.807, 2.05) is 6.92 Å². The van der Waals surface area contributed by atoms with Gasteiger partial charge in [0.1, 0.15) is 0 Å². The maximum atomic E-state index is 6.06. The van der Waals surface area contributed by atoms with Crippen LogP contribution >= 0.6 is 19.1 Å². The third-order valence-electron chi connectivity index (χ3n) is 3.03. The molecule has 0 aromatic carbocycles. The SMILES string of the molecule is C#I1CC1[C@](C)(/C=C\CC(C)N)CC. The van der Waals surface area contributed by atoms with E-state index in [9.17, 15) is 0 Å². The summed E-state index contributed by atoms with van der Waals surface area (Å²) >= 11 is -0.953. The highest BCUT2D eigenvalue weighted by Gasteiger charge is 2.40. The predicted octanol–water partition coefficient (Wildman–Crippen LogP) is 3.17. The third-order valence-corrected chi connectivity index (χ3v) is 7.59. The number of hydrogen-bond donors (Lipinski definition) is 1. The molecule has 1 nitrogen and oxygen atoms in total. The molecule has 3 atom stereocenters. The minimum Gasteiger partial charge on any atom is -0.328 e. The van der Waals surface area contributed by atoms with Crippen LogP contribution in [0, 0.1) is 9.73 Å². The highest BCUT2D eigenvalue weighted by atomic mass is 127. The van der Waals surface area contributed by atoms with E-state index in [0.717, 1.165) is 10.3 Å². The van der Waals surface area contributed by atoms with Crippen molar-refractivity contribution in [3.05, 3.63) is 12.2 Å². The molecule has 0 aromatic rings. The van der Waals surface area contributed by atoms with E-state index in [2.05, 4.69) is 26.0 Å². The summed E-state index contributed by atoms with van der Waals surface area (Å²) in [4.78, 5) is 0. The van der Waals surface area contributed by atoms with Crippen LogP contribution in [0.4, 0.5) is 0 Å². The Morgan fingerprint density at radius 2 is 2.29 bits per heavy atom. The van der Waals surface area contributed by atoms with Crippen molar-refractivity contribution in [1.29, 1.82) is 0 Å². The van der Waals surface area contributed by atoms with E-state index in [1.165, 1.54) is 10.8 Å². The van der Waals surface area contributed by atoms with Crippen molar-refractivity contribution in [2.24, 2.45) is 11.1 Å². The van der Waals surface area contributed by atoms with Gasteiger partial charge in [0.2, 0.25) is 0 Å². The number of hydrogen-bond acceptors (Lipinski definition) is 1. The van der Waals surface area contributed by atoms with Gasteiger partial charge in [-0.2, -0.15) is 0 Å². The van der Waals surface area contributed by atoms with Crippen LogP contribution in [0.25, 0.3) is 0 Å². The summed E-state index contributed by atoms with van der Waals surface area (Å²) in [6.45, 7) is 6.66. The fourth-order valence-electron chi connectivity index (χ4n) is 1.61. The minimum atomic E-state index is -0.953. The van der Waals surface area contributed by atoms with Crippen LogP contribution in [0.2, 0.25) is 0 Å². The van der Waals surface area contributed by atoms with Crippen molar-refractivity contribution in [1.82, 2.24) is 0 Å². The Balaban J connectivity index is 2.54. The van der Waals surface area contributed by atoms with E-state index in [1.54, 1.807) is 0 Å². The average molecular weight is 307 g/mol. The van der Waals surface area contributed by atoms with Crippen LogP contribution < -0.4 is 5.73 Å². The molecule has 82 valence electrons. The van der Waals surface area contributed by atoms with Gasteiger partial charge in [-0.3, -0.25) is 0 Å². The fourth-order valence-corrected chi connectivity index (χ4v) is 7.09. The van der Waals surface area contributed by atoms with Crippen LogP contribution in [0.3, 0.4) is 0 Å². The van der Waals surface area contributed by atoms with Crippen LogP contribution in [-0.2, 0) is 0 Å². The lowest BCUT2D eigenvalue weighted by molar-refractivity contribution is 0.432. The second kappa shape index (κ2) is 4.82. The Morgan fingerprint density at radius 1 is 1.71 bits per heavy atom. The molecule has 1 rings (SSSR count). The van der Waals surface area contributed by atoms with Crippen LogP contribution in [0.5, 0.6) is 0 Å². The molecule has 0 spiro atoms. The molecule has 2 N–H and O–H groups in total. The molecule has 0 radical (unpaired) electrons. The highest BCUT2D eigenvalue weighted by molar-refractivity contribution is 14.2. The normalized spacial score (nSPS) is 28.9. The van der Waals surface area contributed by atoms with Crippen LogP contribution in [-0.4, -0.2) is 14.4 Å². The first-order valence-electron chi connectivity index (χ1n) is 5.31. The molecule has 1 aliphatic heterocycles. The lowest BCUT2D eigenvalue weighted by Gasteiger charge is -2.23. The quantitative estimate of drug-likeness (QED) is 0.471. The largest absolute Gasteiger partial charge is 0.328 e. The summed E-state index contributed by atoms with van der Waals surface area (Å²) in [5.74, 6) is 0. The number of allylic oxidation sites excluding steroid dienone is 1. The number of alkyl halides is 2. The van der Waals surface area contributed by atoms with E-state index in [-0.39, 0.29) is 6.04 Å². The molecule has 1 fully saturated rings. The molecular weight excluding hydrogens is 285 g/mol. The first-order valence-corrected chi connectivity index (χ1v) is 9.33. The lowest BCUT2D eigenvalue weighted by atomic mass is 9.84. The van der Waals surface area contributed by atoms with Crippen molar-refractivity contribution in [2.45, 2.75) is 43.6 Å². The molecule has 0 aliphatic carbocycles. The summed E-state index contributed by atoms with van der Waals surface area (Å²) in [6, 6.07) is 0.277. The zero-order valence-electron chi connectivity index (χ0n) is 9.46. The summed E-state index contributed by atoms with van der Waals surface area (Å²) in [6.07, 6.45) is 6.81. The van der Waals surface area contributed by atoms with Gasteiger partial charge in [-0.05, 0) is 25.2 Å². The minimum absolute atomic E-state index is 0.277. The number of rotatable bonds is 5. The topological polar surface area (TPSA) is 26.0 Å². The van der Waals surface area contributed by atoms with Crippen molar-refractivity contribution in [3.63, 3.8) is 0 Å². The van der Waals surface area contributed by atoms with E-state index >= 15 is 0 Å². The van der Waals surface area contributed by atoms with E-state index < -0.39 is 19.1 Å². The Kier molecular flexibility index (Phi) is 4.23. The maximum Gasteiger partial charge on any atom is 0.0219 e. The third kappa shape index (κ3) is 3.11. The second-order valence-corrected chi connectivity index (χ2v) is 9.40. The molecule has 0 amide bonds. The van der Waals surface area contributed by atoms with Gasteiger partial charge in [-0.1, -0.05) is 26.0 Å². The summed E-state index contributed by atoms with van der Waals surface area (Å²) < 4.78 is 8.25. The molecule has 1 saturated heterocycles. The van der Waals surface area contributed by atoms with Crippen LogP contribution in [0.15, 0.2) is 12.2 Å². The molecule has 1 aliphatic rings. The average Bonchev–Trinajstić information content (AvgIpc) is 2.82. The van der Waals surface area contributed by atoms with Gasteiger partial charge in [-0.15, -0.1) is 23.5 Å². The lowest BCUT2D eigenvalue weighted by Crippen LogP contribution is -2.19. The van der Waals surface area contributed by atoms with Gasteiger partial charge >= 0.3 is 0 Å². The van der Waals surface area contributed by atoms with Crippen LogP contribution in [0.1, 0.15) is 33.6 Å². The van der Waals surface area contributed by atoms with E-state index in [4.69, 9.17) is 10.0 Å². The predicted molar refractivity (Wildman–Crippen MR) is 73.4 cm³/mol. The second-order valence-electron chi connectivity index (χ2n) is 4.53. The van der Waals surface area contributed by atoms with Gasteiger partial charge in [0.25, 0.3) is 0 Å². The van der Waals surface area contributed by atoms with E-state index in [0.29, 0.717) is 5.41 Å². The summed E-state index contributed by atoms with van der Waals surface area (Å²) in [5, 5.41) is 0. The monoisotopic (exact) mass is 307 g/mol. The maximum absolute atomic E-state index is 6.06. The molecule has 0 aromatic heterocycles. The van der Waals surface area contributed by atoms with Crippen molar-refractivity contribution in [2.75, 3.05) is 4.43 Å². The first kappa shape index (κ1) is 12.3. The Morgan fingerprint density at radius 3 is 2.64 bits per heavy atom. The van der Waals surface area contributed by atoms with Gasteiger partial charge in [0.15, 0.2) is 0 Å². The standard InChI is InChI=1S/C12H22IN/c1-5-12(3,11-9-13(11)4)8-6-7-10(2)14/h4,6,8,10-11H,5,7,9,14H2,1-3H3/b8-6-/t10?,11?,12-/m0/s1. The Hall–Kier alpha value is 0.210. The van der Waals surface area contributed by atoms with Gasteiger partial charge in [0.05, 0.1) is 0 Å². The number of halogens is 1. The molecule has 2 heteroatoms. The van der Waals surface area contributed by atoms with Gasteiger partial charge in [0, 0.05) is 14.4 Å². The van der Waals surface area contributed by atoms with Crippen molar-refractivity contribution < 1.29 is 0 Å². The Bertz CT molecular complexity index is 284. The smallest absolute Gasteiger partial charge is 0.0219 e. The van der Waals surface area contributed by atoms with Gasteiger partial charge in [-0.25, -0.2) is 0 Å². The molecule has 2 unspecified atom stereocenters. The summed E-state index contributed by atoms with van der Waals surface area (Å²) in [5.41, 5.74) is 6.09. The fraction of sp³-hybridized carbons (Fsp3) is 0.750. The highest BCUT2D eigenvalue weighted by Crippen LogP contribution is 2.57. The zero-order valence-corrected chi connectivity index (χ0v) is 11.6. The molecule has 1 heterocycles. The van der Waals surface area contributed by atoms with Crippen molar-refractivity contribution in [3.8, 4) is 4.31 Å².